The average molecular weight is 254 g/mol. The van der Waals surface area contributed by atoms with E-state index in [9.17, 15) is 0 Å². The number of thiophene rings is 1. The lowest BCUT2D eigenvalue weighted by Crippen LogP contribution is -2.27. The zero-order chi connectivity index (χ0) is 12.2. The minimum atomic E-state index is 1.01. The van der Waals surface area contributed by atoms with E-state index in [-0.39, 0.29) is 0 Å². The molecule has 0 saturated carbocycles. The van der Waals surface area contributed by atoms with Gasteiger partial charge in [-0.15, -0.1) is 11.3 Å². The molecule has 1 rings (SSSR count). The highest BCUT2D eigenvalue weighted by Crippen LogP contribution is 2.06. The van der Waals surface area contributed by atoms with Crippen molar-refractivity contribution in [3.63, 3.8) is 0 Å². The van der Waals surface area contributed by atoms with Gasteiger partial charge in [-0.1, -0.05) is 38.7 Å². The van der Waals surface area contributed by atoms with Crippen LogP contribution < -0.4 is 10.6 Å². The highest BCUT2D eigenvalue weighted by molar-refractivity contribution is 7.09. The highest BCUT2D eigenvalue weighted by Gasteiger charge is 1.92. The predicted octanol–water partition coefficient (Wildman–Crippen LogP) is 3.40. The van der Waals surface area contributed by atoms with Crippen LogP contribution in [0, 0.1) is 0 Å². The Kier molecular flexibility index (Phi) is 9.29. The second-order valence-corrected chi connectivity index (χ2v) is 5.45. The summed E-state index contributed by atoms with van der Waals surface area (Å²) in [5.74, 6) is 0. The second-order valence-electron chi connectivity index (χ2n) is 4.42. The zero-order valence-electron chi connectivity index (χ0n) is 11.0. The maximum atomic E-state index is 3.48. The first-order valence-corrected chi connectivity index (χ1v) is 7.75. The van der Waals surface area contributed by atoms with Gasteiger partial charge in [-0.25, -0.2) is 0 Å². The van der Waals surface area contributed by atoms with E-state index < -0.39 is 0 Å². The minimum absolute atomic E-state index is 1.01. The third kappa shape index (κ3) is 8.36. The molecule has 2 N–H and O–H groups in total. The van der Waals surface area contributed by atoms with Crippen molar-refractivity contribution in [2.45, 2.75) is 45.6 Å². The topological polar surface area (TPSA) is 24.1 Å². The van der Waals surface area contributed by atoms with E-state index >= 15 is 0 Å². The first-order valence-electron chi connectivity index (χ1n) is 6.87. The molecule has 1 heterocycles. The van der Waals surface area contributed by atoms with Crippen molar-refractivity contribution in [2.75, 3.05) is 19.6 Å². The Morgan fingerprint density at radius 2 is 1.82 bits per heavy atom. The van der Waals surface area contributed by atoms with Crippen LogP contribution in [0.25, 0.3) is 0 Å². The van der Waals surface area contributed by atoms with Gasteiger partial charge in [-0.3, -0.25) is 0 Å². The summed E-state index contributed by atoms with van der Waals surface area (Å²) in [6.07, 6.45) is 6.83. The summed E-state index contributed by atoms with van der Waals surface area (Å²) >= 11 is 1.82. The Hall–Kier alpha value is -0.380. The standard InChI is InChI=1S/C14H26N2S/c1-2-3-4-5-6-9-15-10-11-16-13-14-8-7-12-17-14/h7-8,12,15-16H,2-6,9-11,13H2,1H3. The molecule has 0 fully saturated rings. The minimum Gasteiger partial charge on any atom is -0.315 e. The Balaban J connectivity index is 1.76. The fourth-order valence-corrected chi connectivity index (χ4v) is 2.45. The van der Waals surface area contributed by atoms with E-state index in [1.165, 1.54) is 43.5 Å². The Bertz CT molecular complexity index is 247. The molecule has 0 amide bonds. The summed E-state index contributed by atoms with van der Waals surface area (Å²) in [4.78, 5) is 1.42. The van der Waals surface area contributed by atoms with Gasteiger partial charge in [-0.2, -0.15) is 0 Å². The van der Waals surface area contributed by atoms with Crippen LogP contribution in [0.15, 0.2) is 17.5 Å². The van der Waals surface area contributed by atoms with Crippen molar-refractivity contribution in [1.29, 1.82) is 0 Å². The molecule has 0 unspecified atom stereocenters. The molecule has 2 nitrogen and oxygen atoms in total. The van der Waals surface area contributed by atoms with E-state index in [0.29, 0.717) is 0 Å². The fraction of sp³-hybridized carbons (Fsp3) is 0.714. The molecule has 17 heavy (non-hydrogen) atoms. The quantitative estimate of drug-likeness (QED) is 0.591. The van der Waals surface area contributed by atoms with Gasteiger partial charge < -0.3 is 10.6 Å². The molecule has 0 aliphatic heterocycles. The average Bonchev–Trinajstić information content (AvgIpc) is 2.85. The van der Waals surface area contributed by atoms with Crippen LogP contribution in [0.2, 0.25) is 0 Å². The molecule has 0 spiro atoms. The van der Waals surface area contributed by atoms with Crippen molar-refractivity contribution >= 4 is 11.3 Å². The van der Waals surface area contributed by atoms with Gasteiger partial charge >= 0.3 is 0 Å². The molecule has 0 aromatic carbocycles. The van der Waals surface area contributed by atoms with E-state index in [1.54, 1.807) is 0 Å². The largest absolute Gasteiger partial charge is 0.315 e. The molecular formula is C14H26N2S. The van der Waals surface area contributed by atoms with Gasteiger partial charge in [0.15, 0.2) is 0 Å². The van der Waals surface area contributed by atoms with Crippen molar-refractivity contribution in [2.24, 2.45) is 0 Å². The monoisotopic (exact) mass is 254 g/mol. The number of hydrogen-bond donors (Lipinski definition) is 2. The molecule has 0 atom stereocenters. The van der Waals surface area contributed by atoms with Crippen LogP contribution in [0.5, 0.6) is 0 Å². The molecule has 1 aromatic heterocycles. The zero-order valence-corrected chi connectivity index (χ0v) is 11.8. The molecule has 0 radical (unpaired) electrons. The summed E-state index contributed by atoms with van der Waals surface area (Å²) < 4.78 is 0. The van der Waals surface area contributed by atoms with Gasteiger partial charge in [0, 0.05) is 24.5 Å². The first kappa shape index (κ1) is 14.7. The Morgan fingerprint density at radius 3 is 2.59 bits per heavy atom. The normalized spacial score (nSPS) is 10.9. The maximum absolute atomic E-state index is 3.48. The van der Waals surface area contributed by atoms with Crippen LogP contribution in [0.4, 0.5) is 0 Å². The number of rotatable bonds is 11. The summed E-state index contributed by atoms with van der Waals surface area (Å²) in [5, 5.41) is 9.06. The molecule has 1 aromatic rings. The van der Waals surface area contributed by atoms with Crippen LogP contribution in [-0.2, 0) is 6.54 Å². The van der Waals surface area contributed by atoms with E-state index in [2.05, 4.69) is 35.1 Å². The van der Waals surface area contributed by atoms with Gasteiger partial charge in [0.05, 0.1) is 0 Å². The third-order valence-electron chi connectivity index (χ3n) is 2.81. The molecule has 0 aliphatic carbocycles. The van der Waals surface area contributed by atoms with Gasteiger partial charge in [0.1, 0.15) is 0 Å². The van der Waals surface area contributed by atoms with E-state index in [0.717, 1.165) is 19.6 Å². The van der Waals surface area contributed by atoms with Crippen molar-refractivity contribution in [3.8, 4) is 0 Å². The highest BCUT2D eigenvalue weighted by atomic mass is 32.1. The lowest BCUT2D eigenvalue weighted by molar-refractivity contribution is 0.565. The second kappa shape index (κ2) is 10.8. The summed E-state index contributed by atoms with van der Waals surface area (Å²) in [6.45, 7) is 6.59. The van der Waals surface area contributed by atoms with Gasteiger partial charge in [0.2, 0.25) is 0 Å². The molecule has 98 valence electrons. The molecule has 0 aliphatic rings. The van der Waals surface area contributed by atoms with Crippen molar-refractivity contribution < 1.29 is 0 Å². The third-order valence-corrected chi connectivity index (χ3v) is 3.69. The number of nitrogens with one attached hydrogen (secondary N) is 2. The first-order chi connectivity index (χ1) is 8.43. The summed E-state index contributed by atoms with van der Waals surface area (Å²) in [6, 6.07) is 4.29. The molecular weight excluding hydrogens is 228 g/mol. The van der Waals surface area contributed by atoms with Crippen LogP contribution in [0.3, 0.4) is 0 Å². The Labute approximate surface area is 110 Å². The molecule has 0 saturated heterocycles. The SMILES string of the molecule is CCCCCCCNCCNCc1cccs1. The van der Waals surface area contributed by atoms with Gasteiger partial charge in [-0.05, 0) is 24.4 Å². The molecule has 3 heteroatoms. The lowest BCUT2D eigenvalue weighted by atomic mass is 10.1. The van der Waals surface area contributed by atoms with E-state index in [1.807, 2.05) is 11.3 Å². The Morgan fingerprint density at radius 1 is 1.00 bits per heavy atom. The molecule has 0 bridgehead atoms. The smallest absolute Gasteiger partial charge is 0.0300 e. The number of unbranched alkanes of at least 4 members (excludes halogenated alkanes) is 4. The van der Waals surface area contributed by atoms with Crippen molar-refractivity contribution in [1.82, 2.24) is 10.6 Å². The van der Waals surface area contributed by atoms with Crippen molar-refractivity contribution in [3.05, 3.63) is 22.4 Å². The van der Waals surface area contributed by atoms with E-state index in [4.69, 9.17) is 0 Å². The lowest BCUT2D eigenvalue weighted by Gasteiger charge is -2.05. The van der Waals surface area contributed by atoms with Crippen LogP contribution >= 0.6 is 11.3 Å². The van der Waals surface area contributed by atoms with Crippen LogP contribution in [0.1, 0.15) is 43.9 Å². The number of hydrogen-bond acceptors (Lipinski definition) is 3. The van der Waals surface area contributed by atoms with Crippen LogP contribution in [-0.4, -0.2) is 19.6 Å². The predicted molar refractivity (Wildman–Crippen MR) is 77.7 cm³/mol. The fourth-order valence-electron chi connectivity index (χ4n) is 1.78. The summed E-state index contributed by atoms with van der Waals surface area (Å²) in [7, 11) is 0. The summed E-state index contributed by atoms with van der Waals surface area (Å²) in [5.41, 5.74) is 0. The van der Waals surface area contributed by atoms with Gasteiger partial charge in [0.25, 0.3) is 0 Å². The maximum Gasteiger partial charge on any atom is 0.0300 e.